The SMILES string of the molecule is COc1ccccc1C(c1[nH]c2ccccc2c1C)c1[nH]c2ccccc2c1C. The third kappa shape index (κ3) is 2.73. The van der Waals surface area contributed by atoms with Gasteiger partial charge in [0, 0.05) is 38.8 Å². The molecule has 3 nitrogen and oxygen atoms in total. The summed E-state index contributed by atoms with van der Waals surface area (Å²) in [5.74, 6) is 0.916. The Labute approximate surface area is 170 Å². The third-order valence-electron chi connectivity index (χ3n) is 6.04. The summed E-state index contributed by atoms with van der Waals surface area (Å²) >= 11 is 0. The molecule has 0 unspecified atom stereocenters. The molecule has 5 aromatic rings. The fourth-order valence-corrected chi connectivity index (χ4v) is 4.54. The van der Waals surface area contributed by atoms with Crippen molar-refractivity contribution in [2.45, 2.75) is 19.8 Å². The maximum Gasteiger partial charge on any atom is 0.123 e. The van der Waals surface area contributed by atoms with Crippen LogP contribution < -0.4 is 4.74 Å². The first-order chi connectivity index (χ1) is 14.2. The van der Waals surface area contributed by atoms with E-state index in [1.54, 1.807) is 7.11 Å². The van der Waals surface area contributed by atoms with E-state index in [0.29, 0.717) is 0 Å². The second-order valence-electron chi connectivity index (χ2n) is 7.59. The Bertz CT molecular complexity index is 1250. The van der Waals surface area contributed by atoms with Crippen molar-refractivity contribution in [3.63, 3.8) is 0 Å². The molecule has 0 aliphatic rings. The molecular weight excluding hydrogens is 356 g/mol. The Balaban J connectivity index is 1.84. The normalized spacial score (nSPS) is 11.6. The van der Waals surface area contributed by atoms with E-state index in [1.807, 2.05) is 12.1 Å². The Morgan fingerprint density at radius 2 is 1.14 bits per heavy atom. The number of aromatic nitrogens is 2. The Hall–Kier alpha value is -3.46. The van der Waals surface area contributed by atoms with Gasteiger partial charge in [-0.3, -0.25) is 0 Å². The van der Waals surface area contributed by atoms with E-state index in [-0.39, 0.29) is 5.92 Å². The van der Waals surface area contributed by atoms with Gasteiger partial charge in [-0.2, -0.15) is 0 Å². The van der Waals surface area contributed by atoms with Crippen LogP contribution in [-0.4, -0.2) is 17.1 Å². The molecule has 0 aliphatic heterocycles. The molecule has 0 saturated heterocycles. The van der Waals surface area contributed by atoms with Gasteiger partial charge in [0.05, 0.1) is 13.0 Å². The highest BCUT2D eigenvalue weighted by Crippen LogP contribution is 2.42. The lowest BCUT2D eigenvalue weighted by atomic mass is 9.87. The van der Waals surface area contributed by atoms with E-state index in [0.717, 1.165) is 22.3 Å². The van der Waals surface area contributed by atoms with Crippen molar-refractivity contribution in [2.24, 2.45) is 0 Å². The number of H-pyrrole nitrogens is 2. The highest BCUT2D eigenvalue weighted by molar-refractivity contribution is 5.87. The fourth-order valence-electron chi connectivity index (χ4n) is 4.54. The number of ether oxygens (including phenoxy) is 1. The number of benzene rings is 3. The zero-order valence-electron chi connectivity index (χ0n) is 16.9. The van der Waals surface area contributed by atoms with Gasteiger partial charge in [-0.15, -0.1) is 0 Å². The molecule has 0 fully saturated rings. The summed E-state index contributed by atoms with van der Waals surface area (Å²) in [4.78, 5) is 7.42. The van der Waals surface area contributed by atoms with Gasteiger partial charge in [-0.1, -0.05) is 54.6 Å². The summed E-state index contributed by atoms with van der Waals surface area (Å²) < 4.78 is 5.77. The van der Waals surface area contributed by atoms with Crippen molar-refractivity contribution < 1.29 is 4.74 Å². The monoisotopic (exact) mass is 380 g/mol. The van der Waals surface area contributed by atoms with Crippen molar-refractivity contribution in [3.8, 4) is 5.75 Å². The standard InChI is InChI=1S/C26H24N2O/c1-16-18-10-4-7-13-21(18)27-25(16)24(20-12-6-9-15-23(20)29-3)26-17(2)19-11-5-8-14-22(19)28-26/h4-15,24,27-28H,1-3H3. The first-order valence-electron chi connectivity index (χ1n) is 9.96. The molecule has 3 aromatic carbocycles. The highest BCUT2D eigenvalue weighted by atomic mass is 16.5. The lowest BCUT2D eigenvalue weighted by Crippen LogP contribution is -2.09. The number of para-hydroxylation sites is 3. The molecule has 5 rings (SSSR count). The summed E-state index contributed by atoms with van der Waals surface area (Å²) in [6, 6.07) is 25.3. The average molecular weight is 380 g/mol. The molecule has 0 spiro atoms. The van der Waals surface area contributed by atoms with Gasteiger partial charge in [-0.25, -0.2) is 0 Å². The lowest BCUT2D eigenvalue weighted by molar-refractivity contribution is 0.408. The van der Waals surface area contributed by atoms with Crippen molar-refractivity contribution in [1.82, 2.24) is 9.97 Å². The van der Waals surface area contributed by atoms with Gasteiger partial charge >= 0.3 is 0 Å². The first-order valence-corrected chi connectivity index (χ1v) is 9.96. The van der Waals surface area contributed by atoms with Crippen molar-refractivity contribution in [2.75, 3.05) is 7.11 Å². The fraction of sp³-hybridized carbons (Fsp3) is 0.154. The summed E-state index contributed by atoms with van der Waals surface area (Å²) in [6.45, 7) is 4.41. The first kappa shape index (κ1) is 17.6. The highest BCUT2D eigenvalue weighted by Gasteiger charge is 2.27. The largest absolute Gasteiger partial charge is 0.496 e. The maximum absolute atomic E-state index is 5.77. The Morgan fingerprint density at radius 3 is 1.66 bits per heavy atom. The average Bonchev–Trinajstić information content (AvgIpc) is 3.27. The number of hydrogen-bond donors (Lipinski definition) is 2. The molecule has 0 bridgehead atoms. The number of hydrogen-bond acceptors (Lipinski definition) is 1. The van der Waals surface area contributed by atoms with Crippen LogP contribution in [-0.2, 0) is 0 Å². The van der Waals surface area contributed by atoms with Crippen LogP contribution in [0, 0.1) is 13.8 Å². The minimum atomic E-state index is 0.0194. The van der Waals surface area contributed by atoms with Crippen LogP contribution >= 0.6 is 0 Å². The van der Waals surface area contributed by atoms with Crippen LogP contribution in [0.25, 0.3) is 21.8 Å². The molecule has 0 aliphatic carbocycles. The topological polar surface area (TPSA) is 40.8 Å². The van der Waals surface area contributed by atoms with E-state index in [1.165, 1.54) is 33.3 Å². The van der Waals surface area contributed by atoms with Gasteiger partial charge in [0.15, 0.2) is 0 Å². The lowest BCUT2D eigenvalue weighted by Gasteiger charge is -2.20. The minimum absolute atomic E-state index is 0.0194. The molecule has 2 N–H and O–H groups in total. The van der Waals surface area contributed by atoms with Gasteiger partial charge in [0.1, 0.15) is 5.75 Å². The molecule has 0 saturated carbocycles. The van der Waals surface area contributed by atoms with Crippen LogP contribution in [0.5, 0.6) is 5.75 Å². The van der Waals surface area contributed by atoms with Crippen molar-refractivity contribution in [3.05, 3.63) is 101 Å². The summed E-state index contributed by atoms with van der Waals surface area (Å²) in [5.41, 5.74) is 8.42. The molecule has 0 atom stereocenters. The van der Waals surface area contributed by atoms with Crippen LogP contribution in [0.4, 0.5) is 0 Å². The number of aryl methyl sites for hydroxylation is 2. The summed E-state index contributed by atoms with van der Waals surface area (Å²) in [5, 5.41) is 2.52. The van der Waals surface area contributed by atoms with Gasteiger partial charge in [-0.05, 0) is 43.2 Å². The Kier molecular flexibility index (Phi) is 4.17. The number of methoxy groups -OCH3 is 1. The minimum Gasteiger partial charge on any atom is -0.496 e. The van der Waals surface area contributed by atoms with Gasteiger partial charge in [0.2, 0.25) is 0 Å². The zero-order chi connectivity index (χ0) is 20.0. The predicted molar refractivity (Wildman–Crippen MR) is 120 cm³/mol. The van der Waals surface area contributed by atoms with Gasteiger partial charge in [0.25, 0.3) is 0 Å². The molecular formula is C26H24N2O. The molecule has 0 radical (unpaired) electrons. The molecule has 3 heteroatoms. The van der Waals surface area contributed by atoms with E-state index in [9.17, 15) is 0 Å². The van der Waals surface area contributed by atoms with E-state index in [4.69, 9.17) is 4.74 Å². The molecule has 2 aromatic heterocycles. The Morgan fingerprint density at radius 1 is 0.655 bits per heavy atom. The van der Waals surface area contributed by atoms with Crippen molar-refractivity contribution >= 4 is 21.8 Å². The van der Waals surface area contributed by atoms with Gasteiger partial charge < -0.3 is 14.7 Å². The third-order valence-corrected chi connectivity index (χ3v) is 6.04. The second-order valence-corrected chi connectivity index (χ2v) is 7.59. The zero-order valence-corrected chi connectivity index (χ0v) is 16.9. The maximum atomic E-state index is 5.77. The van der Waals surface area contributed by atoms with E-state index >= 15 is 0 Å². The number of rotatable bonds is 4. The van der Waals surface area contributed by atoms with Crippen LogP contribution in [0.15, 0.2) is 72.8 Å². The smallest absolute Gasteiger partial charge is 0.123 e. The predicted octanol–water partition coefficient (Wildman–Crippen LogP) is 6.45. The summed E-state index contributed by atoms with van der Waals surface area (Å²) in [6.07, 6.45) is 0. The van der Waals surface area contributed by atoms with Crippen LogP contribution in [0.1, 0.15) is 34.0 Å². The second kappa shape index (κ2) is 6.85. The molecule has 2 heterocycles. The number of nitrogens with one attached hydrogen (secondary N) is 2. The van der Waals surface area contributed by atoms with Crippen LogP contribution in [0.2, 0.25) is 0 Å². The number of aromatic amines is 2. The quantitative estimate of drug-likeness (QED) is 0.369. The molecule has 0 amide bonds. The van der Waals surface area contributed by atoms with E-state index < -0.39 is 0 Å². The van der Waals surface area contributed by atoms with E-state index in [2.05, 4.69) is 84.5 Å². The van der Waals surface area contributed by atoms with Crippen LogP contribution in [0.3, 0.4) is 0 Å². The number of fused-ring (bicyclic) bond motifs is 2. The van der Waals surface area contributed by atoms with Crippen molar-refractivity contribution in [1.29, 1.82) is 0 Å². The summed E-state index contributed by atoms with van der Waals surface area (Å²) in [7, 11) is 1.74. The molecule has 144 valence electrons. The molecule has 29 heavy (non-hydrogen) atoms.